The van der Waals surface area contributed by atoms with E-state index in [1.165, 1.54) is 0 Å². The Morgan fingerprint density at radius 2 is 2.04 bits per heavy atom. The van der Waals surface area contributed by atoms with E-state index in [-0.39, 0.29) is 10.6 Å². The second-order valence-corrected chi connectivity index (χ2v) is 5.41. The number of imidazole rings is 1. The molecular weight excluding hydrogens is 292 g/mol. The predicted octanol–water partition coefficient (Wildman–Crippen LogP) is 3.98. The van der Waals surface area contributed by atoms with Crippen molar-refractivity contribution in [2.75, 3.05) is 12.4 Å². The molecule has 2 aromatic carbocycles. The monoisotopic (exact) mass is 310 g/mol. The van der Waals surface area contributed by atoms with Crippen molar-refractivity contribution in [2.24, 2.45) is 0 Å². The van der Waals surface area contributed by atoms with Crippen LogP contribution in [-0.2, 0) is 6.54 Å². The average molecular weight is 310 g/mol. The number of aromatic nitrogens is 2. The highest BCUT2D eigenvalue weighted by Gasteiger charge is 2.18. The van der Waals surface area contributed by atoms with Crippen LogP contribution in [0.4, 0.5) is 11.4 Å². The number of fused-ring (bicyclic) bond motifs is 1. The summed E-state index contributed by atoms with van der Waals surface area (Å²) < 4.78 is 2.08. The number of aryl methyl sites for hydroxylation is 2. The zero-order valence-electron chi connectivity index (χ0n) is 13.3. The van der Waals surface area contributed by atoms with Crippen molar-refractivity contribution >= 4 is 22.4 Å². The van der Waals surface area contributed by atoms with Gasteiger partial charge in [-0.1, -0.05) is 6.07 Å². The fourth-order valence-corrected chi connectivity index (χ4v) is 2.81. The topological polar surface area (TPSA) is 73.0 Å². The Bertz CT molecular complexity index is 899. The third kappa shape index (κ3) is 2.52. The molecule has 1 N–H and O–H groups in total. The minimum Gasteiger partial charge on any atom is -0.383 e. The van der Waals surface area contributed by atoms with Gasteiger partial charge in [0.25, 0.3) is 5.69 Å². The summed E-state index contributed by atoms with van der Waals surface area (Å²) in [6.07, 6.45) is 0. The van der Waals surface area contributed by atoms with E-state index in [4.69, 9.17) is 4.98 Å². The number of nitrogens with one attached hydrogen (secondary N) is 1. The molecule has 0 aliphatic heterocycles. The maximum Gasteiger partial charge on any atom is 0.293 e. The Balaban J connectivity index is 2.24. The van der Waals surface area contributed by atoms with Gasteiger partial charge in [0, 0.05) is 25.2 Å². The van der Waals surface area contributed by atoms with Gasteiger partial charge in [0.15, 0.2) is 0 Å². The van der Waals surface area contributed by atoms with Gasteiger partial charge in [-0.3, -0.25) is 10.1 Å². The molecule has 118 valence electrons. The Hall–Kier alpha value is -2.89. The average Bonchev–Trinajstić information content (AvgIpc) is 2.91. The molecule has 0 spiro atoms. The zero-order chi connectivity index (χ0) is 16.6. The highest BCUT2D eigenvalue weighted by atomic mass is 16.6. The first-order valence-electron chi connectivity index (χ1n) is 7.48. The maximum atomic E-state index is 11.3. The number of benzene rings is 2. The van der Waals surface area contributed by atoms with E-state index in [1.807, 2.05) is 38.1 Å². The molecule has 0 radical (unpaired) electrons. The van der Waals surface area contributed by atoms with Gasteiger partial charge in [-0.2, -0.15) is 0 Å². The molecule has 0 unspecified atom stereocenters. The van der Waals surface area contributed by atoms with E-state index in [1.54, 1.807) is 19.2 Å². The van der Waals surface area contributed by atoms with Gasteiger partial charge in [-0.05, 0) is 43.7 Å². The van der Waals surface area contributed by atoms with Crippen LogP contribution in [0.25, 0.3) is 22.4 Å². The molecule has 1 aromatic heterocycles. The summed E-state index contributed by atoms with van der Waals surface area (Å²) in [6, 6.07) is 11.3. The van der Waals surface area contributed by atoms with Crippen molar-refractivity contribution < 1.29 is 4.92 Å². The summed E-state index contributed by atoms with van der Waals surface area (Å²) in [5.41, 5.74) is 4.37. The Morgan fingerprint density at radius 1 is 1.26 bits per heavy atom. The second-order valence-electron chi connectivity index (χ2n) is 5.41. The van der Waals surface area contributed by atoms with Gasteiger partial charge in [0.05, 0.1) is 16.0 Å². The van der Waals surface area contributed by atoms with Gasteiger partial charge in [0.2, 0.25) is 0 Å². The third-order valence-electron chi connectivity index (χ3n) is 3.94. The molecule has 0 saturated carbocycles. The summed E-state index contributed by atoms with van der Waals surface area (Å²) in [5.74, 6) is 0.749. The largest absolute Gasteiger partial charge is 0.383 e. The SMILES string of the molecule is CCn1c(-c2ccc(NC)c([N+](=O)[O-])c2)nc2cc(C)ccc21. The van der Waals surface area contributed by atoms with Crippen molar-refractivity contribution in [2.45, 2.75) is 20.4 Å². The molecule has 0 fully saturated rings. The van der Waals surface area contributed by atoms with Crippen molar-refractivity contribution in [3.05, 3.63) is 52.1 Å². The van der Waals surface area contributed by atoms with Gasteiger partial charge in [-0.15, -0.1) is 0 Å². The molecule has 0 amide bonds. The standard InChI is InChI=1S/C17H18N4O2/c1-4-20-15-8-5-11(2)9-14(15)19-17(20)12-6-7-13(18-3)16(10-12)21(22)23/h5-10,18H,4H2,1-3H3. The number of rotatable bonds is 4. The Kier molecular flexibility index (Phi) is 3.73. The quantitative estimate of drug-likeness (QED) is 0.584. The number of hydrogen-bond donors (Lipinski definition) is 1. The predicted molar refractivity (Wildman–Crippen MR) is 91.8 cm³/mol. The maximum absolute atomic E-state index is 11.3. The fourth-order valence-electron chi connectivity index (χ4n) is 2.81. The van der Waals surface area contributed by atoms with E-state index in [0.717, 1.165) is 34.5 Å². The first kappa shape index (κ1) is 15.0. The molecule has 0 atom stereocenters. The molecule has 0 saturated heterocycles. The normalized spacial score (nSPS) is 10.9. The van der Waals surface area contributed by atoms with Crippen LogP contribution < -0.4 is 5.32 Å². The van der Waals surface area contributed by atoms with E-state index in [2.05, 4.69) is 9.88 Å². The summed E-state index contributed by atoms with van der Waals surface area (Å²) in [7, 11) is 1.67. The fraction of sp³-hybridized carbons (Fsp3) is 0.235. The summed E-state index contributed by atoms with van der Waals surface area (Å²) in [6.45, 7) is 4.81. The van der Waals surface area contributed by atoms with E-state index >= 15 is 0 Å². The molecule has 3 rings (SSSR count). The van der Waals surface area contributed by atoms with Gasteiger partial charge < -0.3 is 9.88 Å². The van der Waals surface area contributed by atoms with Crippen molar-refractivity contribution in [1.29, 1.82) is 0 Å². The van der Waals surface area contributed by atoms with E-state index in [0.29, 0.717) is 5.69 Å². The molecule has 3 aromatic rings. The minimum absolute atomic E-state index is 0.0517. The van der Waals surface area contributed by atoms with E-state index in [9.17, 15) is 10.1 Å². The zero-order valence-corrected chi connectivity index (χ0v) is 13.3. The molecular formula is C17H18N4O2. The summed E-state index contributed by atoms with van der Waals surface area (Å²) >= 11 is 0. The molecule has 1 heterocycles. The number of anilines is 1. The lowest BCUT2D eigenvalue weighted by Gasteiger charge is -2.08. The highest BCUT2D eigenvalue weighted by molar-refractivity contribution is 5.82. The van der Waals surface area contributed by atoms with Crippen LogP contribution in [0.3, 0.4) is 0 Å². The van der Waals surface area contributed by atoms with Gasteiger partial charge in [0.1, 0.15) is 11.5 Å². The first-order valence-corrected chi connectivity index (χ1v) is 7.48. The Morgan fingerprint density at radius 3 is 2.70 bits per heavy atom. The molecule has 0 bridgehead atoms. The van der Waals surface area contributed by atoms with Crippen LogP contribution in [0.15, 0.2) is 36.4 Å². The van der Waals surface area contributed by atoms with Crippen LogP contribution >= 0.6 is 0 Å². The summed E-state index contributed by atoms with van der Waals surface area (Å²) in [5, 5.41) is 14.1. The smallest absolute Gasteiger partial charge is 0.293 e. The number of nitro groups is 1. The highest BCUT2D eigenvalue weighted by Crippen LogP contribution is 2.32. The molecule has 0 aliphatic rings. The van der Waals surface area contributed by atoms with Crippen molar-refractivity contribution in [1.82, 2.24) is 9.55 Å². The van der Waals surface area contributed by atoms with Crippen LogP contribution in [0.1, 0.15) is 12.5 Å². The Labute approximate surface area is 133 Å². The number of nitrogens with zero attached hydrogens (tertiary/aromatic N) is 3. The van der Waals surface area contributed by atoms with Crippen LogP contribution in [0.2, 0.25) is 0 Å². The lowest BCUT2D eigenvalue weighted by atomic mass is 10.1. The molecule has 0 aliphatic carbocycles. The first-order chi connectivity index (χ1) is 11.0. The number of nitro benzene ring substituents is 1. The van der Waals surface area contributed by atoms with Crippen LogP contribution in [-0.4, -0.2) is 21.5 Å². The molecule has 6 nitrogen and oxygen atoms in total. The third-order valence-corrected chi connectivity index (χ3v) is 3.94. The molecule has 23 heavy (non-hydrogen) atoms. The second kappa shape index (κ2) is 5.72. The summed E-state index contributed by atoms with van der Waals surface area (Å²) in [4.78, 5) is 15.6. The minimum atomic E-state index is -0.377. The van der Waals surface area contributed by atoms with Crippen LogP contribution in [0, 0.1) is 17.0 Å². The van der Waals surface area contributed by atoms with Gasteiger partial charge >= 0.3 is 0 Å². The van der Waals surface area contributed by atoms with Crippen molar-refractivity contribution in [3.63, 3.8) is 0 Å². The van der Waals surface area contributed by atoms with Crippen LogP contribution in [0.5, 0.6) is 0 Å². The number of hydrogen-bond acceptors (Lipinski definition) is 4. The van der Waals surface area contributed by atoms with E-state index < -0.39 is 0 Å². The van der Waals surface area contributed by atoms with Crippen molar-refractivity contribution in [3.8, 4) is 11.4 Å². The van der Waals surface area contributed by atoms with Gasteiger partial charge in [-0.25, -0.2) is 4.98 Å². The lowest BCUT2D eigenvalue weighted by Crippen LogP contribution is -2.00. The molecule has 6 heteroatoms. The lowest BCUT2D eigenvalue weighted by molar-refractivity contribution is -0.383.